The van der Waals surface area contributed by atoms with Crippen LogP contribution in [0.4, 0.5) is 4.39 Å². The van der Waals surface area contributed by atoms with E-state index >= 15 is 0 Å². The standard InChI is InChI=1S/C18H26FN3O2.HI/c1-14(24-16-5-3-15(19)4-6-16)11-21-17(20-2)22-9-7-18(12-22)8-10-23-13-18;/h3-6,14H,7-13H2,1-2H3,(H,20,21);1H. The molecule has 5 nitrogen and oxygen atoms in total. The van der Waals surface area contributed by atoms with Crippen LogP contribution in [0.3, 0.4) is 0 Å². The van der Waals surface area contributed by atoms with E-state index in [2.05, 4.69) is 15.2 Å². The van der Waals surface area contributed by atoms with Crippen LogP contribution in [0.2, 0.25) is 0 Å². The Morgan fingerprint density at radius 3 is 2.80 bits per heavy atom. The molecular formula is C18H27FIN3O2. The van der Waals surface area contributed by atoms with E-state index in [0.29, 0.717) is 17.7 Å². The zero-order valence-corrected chi connectivity index (χ0v) is 17.2. The molecule has 1 spiro atoms. The number of guanidine groups is 1. The van der Waals surface area contributed by atoms with Gasteiger partial charge in [-0.25, -0.2) is 4.39 Å². The van der Waals surface area contributed by atoms with Crippen molar-refractivity contribution in [1.29, 1.82) is 0 Å². The molecule has 0 saturated carbocycles. The van der Waals surface area contributed by atoms with Gasteiger partial charge in [-0.15, -0.1) is 24.0 Å². The van der Waals surface area contributed by atoms with Crippen molar-refractivity contribution in [1.82, 2.24) is 10.2 Å². The van der Waals surface area contributed by atoms with Gasteiger partial charge in [0.15, 0.2) is 5.96 Å². The number of nitrogens with zero attached hydrogens (tertiary/aromatic N) is 2. The molecule has 3 rings (SSSR count). The largest absolute Gasteiger partial charge is 0.489 e. The van der Waals surface area contributed by atoms with E-state index in [-0.39, 0.29) is 35.9 Å². The van der Waals surface area contributed by atoms with Crippen molar-refractivity contribution < 1.29 is 13.9 Å². The molecule has 0 radical (unpaired) electrons. The van der Waals surface area contributed by atoms with Crippen LogP contribution < -0.4 is 10.1 Å². The van der Waals surface area contributed by atoms with E-state index in [1.807, 2.05) is 14.0 Å². The molecule has 0 bridgehead atoms. The average molecular weight is 463 g/mol. The second-order valence-electron chi connectivity index (χ2n) is 6.78. The summed E-state index contributed by atoms with van der Waals surface area (Å²) < 4.78 is 24.3. The van der Waals surface area contributed by atoms with Gasteiger partial charge >= 0.3 is 0 Å². The number of hydrogen-bond acceptors (Lipinski definition) is 3. The molecule has 2 atom stereocenters. The Kier molecular flexibility index (Phi) is 7.30. The average Bonchev–Trinajstić information content (AvgIpc) is 3.21. The quantitative estimate of drug-likeness (QED) is 0.424. The predicted octanol–water partition coefficient (Wildman–Crippen LogP) is 2.90. The number of halogens is 2. The molecular weight excluding hydrogens is 436 g/mol. The second-order valence-corrected chi connectivity index (χ2v) is 6.78. The Morgan fingerprint density at radius 1 is 1.40 bits per heavy atom. The number of ether oxygens (including phenoxy) is 2. The van der Waals surface area contributed by atoms with Gasteiger partial charge in [-0.1, -0.05) is 0 Å². The smallest absolute Gasteiger partial charge is 0.193 e. The molecule has 140 valence electrons. The van der Waals surface area contributed by atoms with Crippen molar-refractivity contribution in [2.45, 2.75) is 25.9 Å². The lowest BCUT2D eigenvalue weighted by molar-refractivity contribution is 0.156. The van der Waals surface area contributed by atoms with E-state index in [1.54, 1.807) is 12.1 Å². The molecule has 0 aromatic heterocycles. The first-order valence-electron chi connectivity index (χ1n) is 8.56. The van der Waals surface area contributed by atoms with E-state index < -0.39 is 0 Å². The van der Waals surface area contributed by atoms with E-state index in [4.69, 9.17) is 9.47 Å². The molecule has 2 aliphatic heterocycles. The maximum Gasteiger partial charge on any atom is 0.193 e. The van der Waals surface area contributed by atoms with Gasteiger partial charge in [0.25, 0.3) is 0 Å². The molecule has 2 fully saturated rings. The Morgan fingerprint density at radius 2 is 2.16 bits per heavy atom. The van der Waals surface area contributed by atoms with Crippen molar-refractivity contribution in [3.05, 3.63) is 30.1 Å². The summed E-state index contributed by atoms with van der Waals surface area (Å²) in [7, 11) is 1.81. The molecule has 2 aliphatic rings. The van der Waals surface area contributed by atoms with Crippen LogP contribution in [0, 0.1) is 11.2 Å². The molecule has 1 N–H and O–H groups in total. The lowest BCUT2D eigenvalue weighted by Gasteiger charge is -2.26. The second kappa shape index (κ2) is 9.02. The summed E-state index contributed by atoms with van der Waals surface area (Å²) in [4.78, 5) is 6.71. The highest BCUT2D eigenvalue weighted by molar-refractivity contribution is 14.0. The summed E-state index contributed by atoms with van der Waals surface area (Å²) in [5, 5.41) is 3.39. The Hall–Kier alpha value is -1.09. The minimum Gasteiger partial charge on any atom is -0.489 e. The Labute approximate surface area is 166 Å². The first kappa shape index (κ1) is 20.2. The molecule has 0 aliphatic carbocycles. The van der Waals surface area contributed by atoms with Crippen molar-refractivity contribution in [2.75, 3.05) is 39.9 Å². The van der Waals surface area contributed by atoms with Gasteiger partial charge in [-0.05, 0) is 44.0 Å². The summed E-state index contributed by atoms with van der Waals surface area (Å²) in [6, 6.07) is 6.10. The van der Waals surface area contributed by atoms with Crippen LogP contribution in [0.5, 0.6) is 5.75 Å². The third-order valence-corrected chi connectivity index (χ3v) is 4.83. The van der Waals surface area contributed by atoms with Gasteiger partial charge in [0.05, 0.1) is 13.2 Å². The molecule has 7 heteroatoms. The van der Waals surface area contributed by atoms with Crippen LogP contribution in [0.1, 0.15) is 19.8 Å². The number of rotatable bonds is 4. The van der Waals surface area contributed by atoms with Crippen LogP contribution in [0.15, 0.2) is 29.3 Å². The fourth-order valence-electron chi connectivity index (χ4n) is 3.44. The molecule has 2 saturated heterocycles. The summed E-state index contributed by atoms with van der Waals surface area (Å²) in [5.41, 5.74) is 0.313. The molecule has 0 amide bonds. The van der Waals surface area contributed by atoms with Gasteiger partial charge in [0.2, 0.25) is 0 Å². The van der Waals surface area contributed by atoms with Gasteiger partial charge in [0.1, 0.15) is 17.7 Å². The fourth-order valence-corrected chi connectivity index (χ4v) is 3.44. The van der Waals surface area contributed by atoms with Crippen molar-refractivity contribution in [2.24, 2.45) is 10.4 Å². The van der Waals surface area contributed by atoms with Crippen molar-refractivity contribution in [3.8, 4) is 5.75 Å². The topological polar surface area (TPSA) is 46.1 Å². The normalized spacial score (nSPS) is 24.3. The number of aliphatic imine (C=N–C) groups is 1. The maximum absolute atomic E-state index is 12.9. The first-order valence-corrected chi connectivity index (χ1v) is 8.56. The highest BCUT2D eigenvalue weighted by atomic mass is 127. The van der Waals surface area contributed by atoms with Gasteiger partial charge < -0.3 is 19.7 Å². The summed E-state index contributed by atoms with van der Waals surface area (Å²) in [6.45, 7) is 6.38. The highest BCUT2D eigenvalue weighted by Gasteiger charge is 2.42. The zero-order chi connectivity index (χ0) is 17.0. The molecule has 2 unspecified atom stereocenters. The summed E-state index contributed by atoms with van der Waals surface area (Å²) in [6.07, 6.45) is 2.26. The van der Waals surface area contributed by atoms with Crippen molar-refractivity contribution >= 4 is 29.9 Å². The van der Waals surface area contributed by atoms with Gasteiger partial charge in [0, 0.05) is 32.2 Å². The molecule has 1 aromatic rings. The summed E-state index contributed by atoms with van der Waals surface area (Å²) in [5.74, 6) is 1.32. The van der Waals surface area contributed by atoms with E-state index in [1.165, 1.54) is 12.1 Å². The first-order chi connectivity index (χ1) is 11.6. The van der Waals surface area contributed by atoms with Crippen LogP contribution in [-0.4, -0.2) is 56.9 Å². The van der Waals surface area contributed by atoms with Crippen LogP contribution in [-0.2, 0) is 4.74 Å². The Balaban J connectivity index is 0.00000225. The fraction of sp³-hybridized carbons (Fsp3) is 0.611. The third kappa shape index (κ3) is 5.20. The van der Waals surface area contributed by atoms with Crippen LogP contribution >= 0.6 is 24.0 Å². The van der Waals surface area contributed by atoms with Gasteiger partial charge in [-0.2, -0.15) is 0 Å². The Bertz CT molecular complexity index is 576. The molecule has 2 heterocycles. The third-order valence-electron chi connectivity index (χ3n) is 4.83. The number of hydrogen-bond donors (Lipinski definition) is 1. The lowest BCUT2D eigenvalue weighted by atomic mass is 9.87. The number of benzene rings is 1. The maximum atomic E-state index is 12.9. The SMILES string of the molecule is CN=C(NCC(C)Oc1ccc(F)cc1)N1CCC2(CCOC2)C1.I. The monoisotopic (exact) mass is 463 g/mol. The minimum atomic E-state index is -0.257. The molecule has 25 heavy (non-hydrogen) atoms. The summed E-state index contributed by atoms with van der Waals surface area (Å²) >= 11 is 0. The lowest BCUT2D eigenvalue weighted by Crippen LogP contribution is -2.44. The zero-order valence-electron chi connectivity index (χ0n) is 14.8. The predicted molar refractivity (Wildman–Crippen MR) is 107 cm³/mol. The van der Waals surface area contributed by atoms with Crippen LogP contribution in [0.25, 0.3) is 0 Å². The van der Waals surface area contributed by atoms with Crippen molar-refractivity contribution in [3.63, 3.8) is 0 Å². The number of nitrogens with one attached hydrogen (secondary N) is 1. The highest BCUT2D eigenvalue weighted by Crippen LogP contribution is 2.38. The van der Waals surface area contributed by atoms with E-state index in [0.717, 1.165) is 45.1 Å². The molecule has 1 aromatic carbocycles. The minimum absolute atomic E-state index is 0. The van der Waals surface area contributed by atoms with E-state index in [9.17, 15) is 4.39 Å². The van der Waals surface area contributed by atoms with Gasteiger partial charge in [-0.3, -0.25) is 4.99 Å². The number of likely N-dealkylation sites (tertiary alicyclic amines) is 1.